The molecule has 2 atom stereocenters. The third-order valence-electron chi connectivity index (χ3n) is 4.25. The topological polar surface area (TPSA) is 97.9 Å². The number of rotatable bonds is 5. The van der Waals surface area contributed by atoms with Gasteiger partial charge in [-0.05, 0) is 20.3 Å². The third kappa shape index (κ3) is 3.48. The molecule has 3 rings (SSSR count). The van der Waals surface area contributed by atoms with Crippen LogP contribution in [0.1, 0.15) is 50.5 Å². The third-order valence-corrected chi connectivity index (χ3v) is 4.25. The second kappa shape index (κ2) is 6.72. The first kappa shape index (κ1) is 16.6. The summed E-state index contributed by atoms with van der Waals surface area (Å²) in [7, 11) is 0. The SMILES string of the molecule is Cc1cc(NC(=O)[C@H](C)N[C@@H]2CCc3nnc(C(C)C)n3C2)no1. The highest BCUT2D eigenvalue weighted by atomic mass is 16.5. The summed E-state index contributed by atoms with van der Waals surface area (Å²) in [5.41, 5.74) is 0. The van der Waals surface area contributed by atoms with Gasteiger partial charge in [0.05, 0.1) is 6.04 Å². The van der Waals surface area contributed by atoms with Gasteiger partial charge in [-0.25, -0.2) is 0 Å². The summed E-state index contributed by atoms with van der Waals surface area (Å²) in [6.07, 6.45) is 1.81. The Morgan fingerprint density at radius 2 is 2.17 bits per heavy atom. The molecule has 1 aliphatic rings. The second-order valence-corrected chi connectivity index (χ2v) is 6.68. The van der Waals surface area contributed by atoms with Crippen molar-refractivity contribution in [3.05, 3.63) is 23.5 Å². The zero-order chi connectivity index (χ0) is 17.3. The molecule has 130 valence electrons. The minimum Gasteiger partial charge on any atom is -0.360 e. The maximum atomic E-state index is 12.3. The van der Waals surface area contributed by atoms with E-state index in [0.717, 1.165) is 31.0 Å². The summed E-state index contributed by atoms with van der Waals surface area (Å²) in [6.45, 7) is 8.66. The van der Waals surface area contributed by atoms with Crippen LogP contribution >= 0.6 is 0 Å². The largest absolute Gasteiger partial charge is 0.360 e. The van der Waals surface area contributed by atoms with E-state index in [2.05, 4.69) is 44.4 Å². The molecule has 0 saturated heterocycles. The van der Waals surface area contributed by atoms with E-state index in [1.807, 2.05) is 6.92 Å². The fraction of sp³-hybridized carbons (Fsp3) is 0.625. The highest BCUT2D eigenvalue weighted by molar-refractivity contribution is 5.93. The Balaban J connectivity index is 1.59. The minimum absolute atomic E-state index is 0.123. The van der Waals surface area contributed by atoms with E-state index >= 15 is 0 Å². The van der Waals surface area contributed by atoms with Crippen LogP contribution in [0.2, 0.25) is 0 Å². The molecule has 0 aromatic carbocycles. The molecule has 2 N–H and O–H groups in total. The molecule has 0 aliphatic carbocycles. The molecule has 8 nitrogen and oxygen atoms in total. The lowest BCUT2D eigenvalue weighted by Gasteiger charge is -2.28. The van der Waals surface area contributed by atoms with Crippen molar-refractivity contribution < 1.29 is 9.32 Å². The van der Waals surface area contributed by atoms with Crippen molar-refractivity contribution in [2.45, 2.75) is 65.1 Å². The molecule has 0 radical (unpaired) electrons. The quantitative estimate of drug-likeness (QED) is 0.863. The maximum absolute atomic E-state index is 12.3. The number of fused-ring (bicyclic) bond motifs is 1. The Hall–Kier alpha value is -2.22. The van der Waals surface area contributed by atoms with E-state index in [1.165, 1.54) is 0 Å². The number of carbonyl (C=O) groups excluding carboxylic acids is 1. The second-order valence-electron chi connectivity index (χ2n) is 6.68. The number of aryl methyl sites for hydroxylation is 2. The number of amides is 1. The molecular weight excluding hydrogens is 308 g/mol. The molecule has 0 fully saturated rings. The molecular formula is C16H24N6O2. The summed E-state index contributed by atoms with van der Waals surface area (Å²) in [6, 6.07) is 1.59. The van der Waals surface area contributed by atoms with Crippen LogP contribution in [0.3, 0.4) is 0 Å². The van der Waals surface area contributed by atoms with Crippen LogP contribution in [0.5, 0.6) is 0 Å². The average Bonchev–Trinajstić information content (AvgIpc) is 3.12. The number of hydrogen-bond donors (Lipinski definition) is 2. The van der Waals surface area contributed by atoms with Crippen LogP contribution in [0.4, 0.5) is 5.82 Å². The van der Waals surface area contributed by atoms with Crippen molar-refractivity contribution in [1.82, 2.24) is 25.2 Å². The molecule has 0 unspecified atom stereocenters. The molecule has 0 saturated carbocycles. The Morgan fingerprint density at radius 3 is 2.83 bits per heavy atom. The maximum Gasteiger partial charge on any atom is 0.242 e. The Morgan fingerprint density at radius 1 is 1.38 bits per heavy atom. The number of carbonyl (C=O) groups is 1. The van der Waals surface area contributed by atoms with Crippen molar-refractivity contribution in [1.29, 1.82) is 0 Å². The van der Waals surface area contributed by atoms with Crippen LogP contribution in [0.15, 0.2) is 10.6 Å². The first-order valence-electron chi connectivity index (χ1n) is 8.36. The number of nitrogens with one attached hydrogen (secondary N) is 2. The monoisotopic (exact) mass is 332 g/mol. The molecule has 2 aromatic heterocycles. The van der Waals surface area contributed by atoms with Gasteiger partial charge in [-0.2, -0.15) is 0 Å². The smallest absolute Gasteiger partial charge is 0.242 e. The van der Waals surface area contributed by atoms with Crippen molar-refractivity contribution in [2.75, 3.05) is 5.32 Å². The van der Waals surface area contributed by atoms with Crippen molar-refractivity contribution >= 4 is 11.7 Å². The van der Waals surface area contributed by atoms with Gasteiger partial charge in [0.25, 0.3) is 0 Å². The van der Waals surface area contributed by atoms with Crippen LogP contribution in [-0.2, 0) is 17.8 Å². The molecule has 2 aromatic rings. The number of hydrogen-bond acceptors (Lipinski definition) is 6. The number of anilines is 1. The van der Waals surface area contributed by atoms with E-state index in [4.69, 9.17) is 4.52 Å². The van der Waals surface area contributed by atoms with Gasteiger partial charge in [-0.15, -0.1) is 10.2 Å². The van der Waals surface area contributed by atoms with Crippen LogP contribution in [0, 0.1) is 6.92 Å². The first-order chi connectivity index (χ1) is 11.4. The van der Waals surface area contributed by atoms with Gasteiger partial charge in [-0.1, -0.05) is 19.0 Å². The van der Waals surface area contributed by atoms with Crippen molar-refractivity contribution in [2.24, 2.45) is 0 Å². The van der Waals surface area contributed by atoms with Gasteiger partial charge in [0.15, 0.2) is 5.82 Å². The summed E-state index contributed by atoms with van der Waals surface area (Å²) in [5, 5.41) is 18.5. The highest BCUT2D eigenvalue weighted by Gasteiger charge is 2.26. The van der Waals surface area contributed by atoms with Crippen LogP contribution < -0.4 is 10.6 Å². The highest BCUT2D eigenvalue weighted by Crippen LogP contribution is 2.20. The van der Waals surface area contributed by atoms with Crippen LogP contribution in [-0.4, -0.2) is 37.9 Å². The van der Waals surface area contributed by atoms with Gasteiger partial charge in [-0.3, -0.25) is 4.79 Å². The first-order valence-corrected chi connectivity index (χ1v) is 8.36. The average molecular weight is 332 g/mol. The molecule has 0 spiro atoms. The molecule has 3 heterocycles. The van der Waals surface area contributed by atoms with E-state index in [9.17, 15) is 4.79 Å². The summed E-state index contributed by atoms with van der Waals surface area (Å²) >= 11 is 0. The lowest BCUT2D eigenvalue weighted by molar-refractivity contribution is -0.118. The summed E-state index contributed by atoms with van der Waals surface area (Å²) in [5.74, 6) is 3.36. The van der Waals surface area contributed by atoms with E-state index in [-0.39, 0.29) is 18.0 Å². The van der Waals surface area contributed by atoms with Crippen molar-refractivity contribution in [3.8, 4) is 0 Å². The number of aromatic nitrogens is 4. The zero-order valence-electron chi connectivity index (χ0n) is 14.5. The fourth-order valence-electron chi connectivity index (χ4n) is 3.00. The fourth-order valence-corrected chi connectivity index (χ4v) is 3.00. The Labute approximate surface area is 141 Å². The molecule has 1 aliphatic heterocycles. The van der Waals surface area contributed by atoms with Gasteiger partial charge < -0.3 is 19.7 Å². The molecule has 1 amide bonds. The lowest BCUT2D eigenvalue weighted by Crippen LogP contribution is -2.47. The van der Waals surface area contributed by atoms with Gasteiger partial charge in [0.2, 0.25) is 5.91 Å². The lowest BCUT2D eigenvalue weighted by atomic mass is 10.0. The Kier molecular flexibility index (Phi) is 4.66. The van der Waals surface area contributed by atoms with E-state index in [0.29, 0.717) is 17.5 Å². The normalized spacial score (nSPS) is 18.5. The summed E-state index contributed by atoms with van der Waals surface area (Å²) < 4.78 is 7.14. The number of nitrogens with zero attached hydrogens (tertiary/aromatic N) is 4. The van der Waals surface area contributed by atoms with E-state index < -0.39 is 0 Å². The van der Waals surface area contributed by atoms with E-state index in [1.54, 1.807) is 13.0 Å². The Bertz CT molecular complexity index is 720. The van der Waals surface area contributed by atoms with Gasteiger partial charge >= 0.3 is 0 Å². The minimum atomic E-state index is -0.326. The molecule has 24 heavy (non-hydrogen) atoms. The summed E-state index contributed by atoms with van der Waals surface area (Å²) in [4.78, 5) is 12.3. The molecule has 8 heteroatoms. The molecule has 0 bridgehead atoms. The standard InChI is InChI=1S/C16H24N6O2/c1-9(2)15-20-19-14-6-5-12(8-22(14)15)17-11(4)16(23)18-13-7-10(3)24-21-13/h7,9,11-12,17H,5-6,8H2,1-4H3,(H,18,21,23)/t11-,12+/m0/s1. The van der Waals surface area contributed by atoms with Gasteiger partial charge in [0.1, 0.15) is 17.4 Å². The predicted molar refractivity (Wildman–Crippen MR) is 88.7 cm³/mol. The van der Waals surface area contributed by atoms with Crippen LogP contribution in [0.25, 0.3) is 0 Å². The predicted octanol–water partition coefficient (Wildman–Crippen LogP) is 1.63. The van der Waals surface area contributed by atoms with Crippen molar-refractivity contribution in [3.63, 3.8) is 0 Å². The zero-order valence-corrected chi connectivity index (χ0v) is 14.5. The van der Waals surface area contributed by atoms with Gasteiger partial charge in [0, 0.05) is 31.0 Å².